The second kappa shape index (κ2) is 36.6. The summed E-state index contributed by atoms with van der Waals surface area (Å²) in [5.41, 5.74) is 5.28. The Hall–Kier alpha value is -0.320. The highest BCUT2D eigenvalue weighted by Gasteiger charge is 1.91. The molecule has 4 N–H and O–H groups in total. The molecule has 0 aromatic rings. The normalized spacial score (nSPS) is 9.19. The smallest absolute Gasteiger partial charge is 0.317 e. The average molecular weight is 431 g/mol. The Labute approximate surface area is 174 Å². The van der Waals surface area contributed by atoms with E-state index in [1.165, 1.54) is 0 Å². The topological polar surface area (TPSA) is 111 Å². The monoisotopic (exact) mass is 430 g/mol. The number of hydrogen-bond donors (Lipinski definition) is 3. The fraction of sp³-hybridized carbons (Fsp3) is 0.889. The molecule has 0 rings (SSSR count). The van der Waals surface area contributed by atoms with E-state index in [4.69, 9.17) is 20.3 Å². The average Bonchev–Trinajstić information content (AvgIpc) is 2.64. The predicted octanol–water partition coefficient (Wildman–Crippen LogP) is 3.07. The van der Waals surface area contributed by atoms with Gasteiger partial charge in [-0.3, -0.25) is 4.79 Å². The number of rotatable bonds is 14. The number of carbonyl (C=O) groups is 2. The molecule has 0 bridgehead atoms. The molecule has 0 heterocycles. The van der Waals surface area contributed by atoms with E-state index in [1.807, 2.05) is 35.4 Å². The first-order valence-corrected chi connectivity index (χ1v) is 11.8. The number of nitrogens with two attached hydrogens (primary N) is 1. The Morgan fingerprint density at radius 2 is 1.74 bits per heavy atom. The van der Waals surface area contributed by atoms with Crippen molar-refractivity contribution in [2.24, 2.45) is 5.73 Å². The first-order chi connectivity index (χ1) is 13.0. The fourth-order valence-corrected chi connectivity index (χ4v) is 2.84. The quantitative estimate of drug-likeness (QED) is 0.217. The lowest BCUT2D eigenvalue weighted by molar-refractivity contribution is -0.135. The summed E-state index contributed by atoms with van der Waals surface area (Å²) >= 11 is 0. The molecular weight excluding hydrogens is 388 g/mol. The van der Waals surface area contributed by atoms with Gasteiger partial charge in [0.2, 0.25) is 0 Å². The van der Waals surface area contributed by atoms with Crippen LogP contribution in [0.4, 0.5) is 0 Å². The number of hydrogen-bond acceptors (Lipinski definition) is 8. The van der Waals surface area contributed by atoms with Crippen molar-refractivity contribution in [2.75, 3.05) is 52.3 Å². The van der Waals surface area contributed by atoms with Crippen LogP contribution in [0.5, 0.6) is 0 Å². The zero-order chi connectivity index (χ0) is 21.8. The van der Waals surface area contributed by atoms with Crippen LogP contribution in [0.3, 0.4) is 0 Å². The van der Waals surface area contributed by atoms with Gasteiger partial charge >= 0.3 is 5.97 Å². The summed E-state index contributed by atoms with van der Waals surface area (Å²) in [7, 11) is 5.34. The Morgan fingerprint density at radius 1 is 1.19 bits per heavy atom. The number of aldehydes is 1. The van der Waals surface area contributed by atoms with Gasteiger partial charge in [-0.15, -0.1) is 0 Å². The molecule has 0 saturated carbocycles. The number of carboxylic acids is 1. The summed E-state index contributed by atoms with van der Waals surface area (Å²) in [5.74, 6) is 0.251. The number of ether oxygens (including phenoxy) is 2. The van der Waals surface area contributed by atoms with E-state index in [-0.39, 0.29) is 6.54 Å². The molecule has 9 heteroatoms. The van der Waals surface area contributed by atoms with Gasteiger partial charge < -0.3 is 30.4 Å². The van der Waals surface area contributed by atoms with Crippen molar-refractivity contribution in [3.63, 3.8) is 0 Å². The van der Waals surface area contributed by atoms with Crippen LogP contribution in [0.1, 0.15) is 47.5 Å². The van der Waals surface area contributed by atoms with E-state index in [1.54, 1.807) is 7.05 Å². The van der Waals surface area contributed by atoms with Crippen LogP contribution < -0.4 is 11.1 Å². The van der Waals surface area contributed by atoms with Crippen molar-refractivity contribution in [1.82, 2.24) is 5.32 Å². The zero-order valence-corrected chi connectivity index (χ0v) is 19.6. The van der Waals surface area contributed by atoms with Crippen LogP contribution in [-0.4, -0.2) is 74.9 Å². The molecular formula is C18H42N2O5S2. The van der Waals surface area contributed by atoms with Gasteiger partial charge in [-0.1, -0.05) is 56.2 Å². The summed E-state index contributed by atoms with van der Waals surface area (Å²) in [4.78, 5) is 19.4. The summed E-state index contributed by atoms with van der Waals surface area (Å²) < 4.78 is 10.2. The largest absolute Gasteiger partial charge is 0.480 e. The first kappa shape index (κ1) is 34.2. The highest BCUT2D eigenvalue weighted by atomic mass is 33.1. The lowest BCUT2D eigenvalue weighted by Gasteiger charge is -2.02. The van der Waals surface area contributed by atoms with E-state index < -0.39 is 5.97 Å². The van der Waals surface area contributed by atoms with Crippen molar-refractivity contribution in [3.8, 4) is 0 Å². The third-order valence-corrected chi connectivity index (χ3v) is 4.88. The van der Waals surface area contributed by atoms with Crippen molar-refractivity contribution < 1.29 is 24.2 Å². The van der Waals surface area contributed by atoms with Crippen molar-refractivity contribution >= 4 is 33.8 Å². The Bertz CT molecular complexity index is 274. The zero-order valence-electron chi connectivity index (χ0n) is 18.0. The molecule has 0 fully saturated rings. The molecule has 0 aliphatic carbocycles. The number of aliphatic carboxylic acids is 1. The number of likely N-dealkylation sites (N-methyl/N-ethyl adjacent to an activating group) is 1. The minimum absolute atomic E-state index is 0.0417. The third-order valence-electron chi connectivity index (χ3n) is 1.89. The fourth-order valence-electron chi connectivity index (χ4n) is 0.981. The maximum Gasteiger partial charge on any atom is 0.317 e. The SMILES string of the molecule is CC.CC(C)SSCCN.CCCOCCOCCC=O.CNCC(=O)O. The molecule has 0 amide bonds. The van der Waals surface area contributed by atoms with E-state index in [0.717, 1.165) is 36.9 Å². The predicted molar refractivity (Wildman–Crippen MR) is 120 cm³/mol. The van der Waals surface area contributed by atoms with E-state index >= 15 is 0 Å². The van der Waals surface area contributed by atoms with E-state index in [2.05, 4.69) is 26.1 Å². The Kier molecular flexibility index (Phi) is 46.3. The van der Waals surface area contributed by atoms with Crippen molar-refractivity contribution in [1.29, 1.82) is 0 Å². The molecule has 0 saturated heterocycles. The van der Waals surface area contributed by atoms with Gasteiger partial charge in [0.1, 0.15) is 6.29 Å². The standard InChI is InChI=1S/C8H16O3.C5H13NS2.C3H7NO2.C2H6/c1-2-5-10-7-8-11-6-3-4-9;1-5(2)8-7-4-3-6;1-4-2-3(5)6;1-2/h4H,2-3,5-8H2,1H3;5H,3-4,6H2,1-2H3;4H,2H2,1H3,(H,5,6);1-2H3. The summed E-state index contributed by atoms with van der Waals surface area (Å²) in [6.45, 7) is 13.8. The second-order valence-corrected chi connectivity index (χ2v) is 7.92. The van der Waals surface area contributed by atoms with Crippen LogP contribution in [0.2, 0.25) is 0 Å². The number of carbonyl (C=O) groups excluding carboxylic acids is 1. The van der Waals surface area contributed by atoms with Gasteiger partial charge in [0, 0.05) is 30.6 Å². The summed E-state index contributed by atoms with van der Waals surface area (Å²) in [5, 5.41) is 11.0. The highest BCUT2D eigenvalue weighted by Crippen LogP contribution is 2.24. The molecule has 0 atom stereocenters. The van der Waals surface area contributed by atoms with Crippen LogP contribution in [0.25, 0.3) is 0 Å². The maximum atomic E-state index is 9.83. The third kappa shape index (κ3) is 58.6. The molecule has 0 aliphatic rings. The van der Waals surface area contributed by atoms with Gasteiger partial charge in [0.25, 0.3) is 0 Å². The Balaban J connectivity index is -0.000000146. The number of carboxylic acid groups (broad SMARTS) is 1. The van der Waals surface area contributed by atoms with Gasteiger partial charge in [0.05, 0.1) is 26.4 Å². The van der Waals surface area contributed by atoms with Crippen LogP contribution in [0, 0.1) is 0 Å². The van der Waals surface area contributed by atoms with Gasteiger partial charge in [0.15, 0.2) is 0 Å². The second-order valence-electron chi connectivity index (χ2n) is 4.86. The molecule has 0 aromatic heterocycles. The molecule has 0 unspecified atom stereocenters. The van der Waals surface area contributed by atoms with E-state index in [9.17, 15) is 9.59 Å². The minimum Gasteiger partial charge on any atom is -0.480 e. The maximum absolute atomic E-state index is 9.83. The molecule has 7 nitrogen and oxygen atoms in total. The van der Waals surface area contributed by atoms with Gasteiger partial charge in [-0.05, 0) is 13.5 Å². The number of nitrogens with one attached hydrogen (secondary N) is 1. The first-order valence-electron chi connectivity index (χ1n) is 9.39. The van der Waals surface area contributed by atoms with Gasteiger partial charge in [-0.2, -0.15) is 0 Å². The molecule has 0 radical (unpaired) electrons. The van der Waals surface area contributed by atoms with Crippen LogP contribution in [0.15, 0.2) is 0 Å². The highest BCUT2D eigenvalue weighted by molar-refractivity contribution is 8.76. The van der Waals surface area contributed by atoms with Gasteiger partial charge in [-0.25, -0.2) is 0 Å². The molecule has 0 aliphatic heterocycles. The van der Waals surface area contributed by atoms with Crippen molar-refractivity contribution in [2.45, 2.75) is 52.7 Å². The molecule has 0 aromatic carbocycles. The lowest BCUT2D eigenvalue weighted by atomic mass is 10.5. The van der Waals surface area contributed by atoms with Crippen LogP contribution >= 0.6 is 21.6 Å². The van der Waals surface area contributed by atoms with Crippen LogP contribution in [-0.2, 0) is 19.1 Å². The molecule has 166 valence electrons. The lowest BCUT2D eigenvalue weighted by Crippen LogP contribution is -2.16. The minimum atomic E-state index is -0.822. The molecule has 0 spiro atoms. The van der Waals surface area contributed by atoms with E-state index in [0.29, 0.717) is 26.2 Å². The Morgan fingerprint density at radius 3 is 2.07 bits per heavy atom. The summed E-state index contributed by atoms with van der Waals surface area (Å²) in [6, 6.07) is 0. The molecule has 27 heavy (non-hydrogen) atoms. The van der Waals surface area contributed by atoms with Crippen molar-refractivity contribution in [3.05, 3.63) is 0 Å². The summed E-state index contributed by atoms with van der Waals surface area (Å²) in [6.07, 6.45) is 2.37.